The molecular weight excluding hydrogens is 300 g/mol. The number of rotatable bonds is 5. The highest BCUT2D eigenvalue weighted by Gasteiger charge is 2.33. The molecule has 4 heteroatoms. The van der Waals surface area contributed by atoms with E-state index in [1.54, 1.807) is 6.20 Å². The number of hydrogen-bond acceptors (Lipinski definition) is 3. The van der Waals surface area contributed by atoms with Crippen LogP contribution in [0.25, 0.3) is 0 Å². The fraction of sp³-hybridized carbons (Fsp3) is 0.632. The van der Waals surface area contributed by atoms with Crippen molar-refractivity contribution in [2.45, 2.75) is 58.8 Å². The Kier molecular flexibility index (Phi) is 6.85. The standard InChI is InChI=1S/C19H32N2OSi/c1-16(2)21(6)10-11-22-18-13-17(14-20-15-18)9-12-23(7,8)19(3,4)5/h13-16H,10-11H2,1-8H3. The van der Waals surface area contributed by atoms with Gasteiger partial charge in [-0.3, -0.25) is 4.98 Å². The summed E-state index contributed by atoms with van der Waals surface area (Å²) in [5.74, 6) is 4.10. The highest BCUT2D eigenvalue weighted by molar-refractivity contribution is 6.87. The fourth-order valence-electron chi connectivity index (χ4n) is 1.55. The maximum atomic E-state index is 5.81. The molecule has 1 heterocycles. The lowest BCUT2D eigenvalue weighted by molar-refractivity contribution is 0.208. The molecule has 0 spiro atoms. The van der Waals surface area contributed by atoms with Crippen molar-refractivity contribution in [1.82, 2.24) is 9.88 Å². The zero-order valence-electron chi connectivity index (χ0n) is 16.0. The normalized spacial score (nSPS) is 12.3. The Balaban J connectivity index is 2.72. The van der Waals surface area contributed by atoms with Crippen LogP contribution in [-0.2, 0) is 0 Å². The number of pyridine rings is 1. The molecule has 1 aromatic heterocycles. The predicted octanol–water partition coefficient (Wildman–Crippen LogP) is 4.20. The minimum atomic E-state index is -1.59. The number of nitrogens with zero attached hydrogens (tertiary/aromatic N) is 2. The summed E-state index contributed by atoms with van der Waals surface area (Å²) in [5, 5.41) is 0.267. The summed E-state index contributed by atoms with van der Waals surface area (Å²) in [6.45, 7) is 17.4. The van der Waals surface area contributed by atoms with Gasteiger partial charge in [-0.05, 0) is 32.0 Å². The number of hydrogen-bond donors (Lipinski definition) is 0. The smallest absolute Gasteiger partial charge is 0.138 e. The van der Waals surface area contributed by atoms with Crippen molar-refractivity contribution < 1.29 is 4.74 Å². The lowest BCUT2D eigenvalue weighted by atomic mass is 10.2. The number of ether oxygens (including phenoxy) is 1. The second kappa shape index (κ2) is 7.99. The van der Waals surface area contributed by atoms with Crippen molar-refractivity contribution in [2.24, 2.45) is 0 Å². The molecule has 0 unspecified atom stereocenters. The minimum absolute atomic E-state index is 0.267. The SMILES string of the molecule is CC(C)N(C)CCOc1cncc(C#C[Si](C)(C)C(C)(C)C)c1. The first-order valence-electron chi connectivity index (χ1n) is 8.34. The molecular formula is C19H32N2OSi. The van der Waals surface area contributed by atoms with E-state index in [9.17, 15) is 0 Å². The topological polar surface area (TPSA) is 25.4 Å². The molecule has 0 aliphatic heterocycles. The van der Waals surface area contributed by atoms with Gasteiger partial charge in [0.1, 0.15) is 20.4 Å². The summed E-state index contributed by atoms with van der Waals surface area (Å²) in [5.41, 5.74) is 4.45. The second-order valence-electron chi connectivity index (χ2n) is 7.96. The van der Waals surface area contributed by atoms with Gasteiger partial charge < -0.3 is 9.64 Å². The van der Waals surface area contributed by atoms with E-state index in [0.29, 0.717) is 12.6 Å². The molecule has 0 N–H and O–H groups in total. The summed E-state index contributed by atoms with van der Waals surface area (Å²) in [6.07, 6.45) is 3.57. The minimum Gasteiger partial charge on any atom is -0.491 e. The number of aromatic nitrogens is 1. The summed E-state index contributed by atoms with van der Waals surface area (Å²) in [6, 6.07) is 2.52. The van der Waals surface area contributed by atoms with Crippen molar-refractivity contribution in [1.29, 1.82) is 0 Å². The van der Waals surface area contributed by atoms with E-state index < -0.39 is 8.07 Å². The molecule has 0 bridgehead atoms. The molecule has 3 nitrogen and oxygen atoms in total. The summed E-state index contributed by atoms with van der Waals surface area (Å²) < 4.78 is 5.81. The molecule has 0 atom stereocenters. The van der Waals surface area contributed by atoms with E-state index in [2.05, 4.69) is 76.1 Å². The summed E-state index contributed by atoms with van der Waals surface area (Å²) in [7, 11) is 0.510. The van der Waals surface area contributed by atoms with E-state index in [0.717, 1.165) is 17.9 Å². The van der Waals surface area contributed by atoms with Gasteiger partial charge in [0.05, 0.1) is 6.20 Å². The van der Waals surface area contributed by atoms with Gasteiger partial charge in [0.15, 0.2) is 0 Å². The third-order valence-electron chi connectivity index (χ3n) is 4.70. The van der Waals surface area contributed by atoms with Gasteiger partial charge in [0, 0.05) is 24.3 Å². The maximum Gasteiger partial charge on any atom is 0.138 e. The van der Waals surface area contributed by atoms with E-state index in [1.807, 2.05) is 12.3 Å². The van der Waals surface area contributed by atoms with E-state index in [4.69, 9.17) is 4.74 Å². The van der Waals surface area contributed by atoms with Gasteiger partial charge in [-0.15, -0.1) is 5.54 Å². The van der Waals surface area contributed by atoms with Gasteiger partial charge in [-0.2, -0.15) is 0 Å². The van der Waals surface area contributed by atoms with E-state index >= 15 is 0 Å². The Labute approximate surface area is 143 Å². The Bertz CT molecular complexity index is 565. The molecule has 23 heavy (non-hydrogen) atoms. The van der Waals surface area contributed by atoms with E-state index in [1.165, 1.54) is 0 Å². The maximum absolute atomic E-state index is 5.81. The summed E-state index contributed by atoms with van der Waals surface area (Å²) >= 11 is 0. The van der Waals surface area contributed by atoms with Crippen molar-refractivity contribution in [2.75, 3.05) is 20.2 Å². The molecule has 0 aromatic carbocycles. The quantitative estimate of drug-likeness (QED) is 0.597. The van der Waals surface area contributed by atoms with Crippen LogP contribution >= 0.6 is 0 Å². The van der Waals surface area contributed by atoms with Crippen molar-refractivity contribution >= 4 is 8.07 Å². The highest BCUT2D eigenvalue weighted by atomic mass is 28.3. The highest BCUT2D eigenvalue weighted by Crippen LogP contribution is 2.35. The van der Waals surface area contributed by atoms with Crippen LogP contribution in [0.2, 0.25) is 18.1 Å². The second-order valence-corrected chi connectivity index (χ2v) is 13.0. The lowest BCUT2D eigenvalue weighted by Gasteiger charge is -2.31. The third-order valence-corrected chi connectivity index (χ3v) is 9.20. The molecule has 0 aliphatic carbocycles. The zero-order chi connectivity index (χ0) is 17.7. The summed E-state index contributed by atoms with van der Waals surface area (Å²) in [4.78, 5) is 6.51. The molecule has 0 fully saturated rings. The molecule has 1 rings (SSSR count). The van der Waals surface area contributed by atoms with Crippen LogP contribution in [0, 0.1) is 11.5 Å². The molecule has 0 radical (unpaired) electrons. The van der Waals surface area contributed by atoms with Gasteiger partial charge in [-0.25, -0.2) is 0 Å². The van der Waals surface area contributed by atoms with Crippen LogP contribution in [0.3, 0.4) is 0 Å². The van der Waals surface area contributed by atoms with E-state index in [-0.39, 0.29) is 5.04 Å². The van der Waals surface area contributed by atoms with Crippen LogP contribution in [0.5, 0.6) is 5.75 Å². The molecule has 0 saturated carbocycles. The van der Waals surface area contributed by atoms with Crippen LogP contribution in [0.4, 0.5) is 0 Å². The van der Waals surface area contributed by atoms with Gasteiger partial charge >= 0.3 is 0 Å². The molecule has 0 amide bonds. The first-order valence-corrected chi connectivity index (χ1v) is 11.3. The third kappa shape index (κ3) is 6.37. The van der Waals surface area contributed by atoms with Gasteiger partial charge in [0.25, 0.3) is 0 Å². The Morgan fingerprint density at radius 3 is 2.48 bits per heavy atom. The Morgan fingerprint density at radius 1 is 1.26 bits per heavy atom. The van der Waals surface area contributed by atoms with Crippen LogP contribution in [-0.4, -0.2) is 44.2 Å². The molecule has 128 valence electrons. The molecule has 0 aliphatic rings. The Morgan fingerprint density at radius 2 is 1.91 bits per heavy atom. The van der Waals surface area contributed by atoms with Crippen molar-refractivity contribution in [3.8, 4) is 17.2 Å². The van der Waals surface area contributed by atoms with Crippen LogP contribution < -0.4 is 4.74 Å². The first kappa shape index (κ1) is 19.7. The van der Waals surface area contributed by atoms with Crippen molar-refractivity contribution in [3.63, 3.8) is 0 Å². The first-order chi connectivity index (χ1) is 10.5. The average Bonchev–Trinajstić information content (AvgIpc) is 2.44. The average molecular weight is 333 g/mol. The van der Waals surface area contributed by atoms with Crippen LogP contribution in [0.15, 0.2) is 18.5 Å². The van der Waals surface area contributed by atoms with Gasteiger partial charge in [0.2, 0.25) is 0 Å². The predicted molar refractivity (Wildman–Crippen MR) is 102 cm³/mol. The fourth-order valence-corrected chi connectivity index (χ4v) is 2.38. The monoisotopic (exact) mass is 332 g/mol. The lowest BCUT2D eigenvalue weighted by Crippen LogP contribution is -2.35. The Hall–Kier alpha value is -1.31. The van der Waals surface area contributed by atoms with Gasteiger partial charge in [-0.1, -0.05) is 39.8 Å². The number of likely N-dealkylation sites (N-methyl/N-ethyl adjacent to an activating group) is 1. The van der Waals surface area contributed by atoms with Crippen molar-refractivity contribution in [3.05, 3.63) is 24.0 Å². The molecule has 0 saturated heterocycles. The molecule has 1 aromatic rings. The zero-order valence-corrected chi connectivity index (χ0v) is 17.0. The van der Waals surface area contributed by atoms with Crippen LogP contribution in [0.1, 0.15) is 40.2 Å². The largest absolute Gasteiger partial charge is 0.491 e.